The normalized spacial score (nSPS) is 29.1. The van der Waals surface area contributed by atoms with Crippen LogP contribution in [-0.4, -0.2) is 40.0 Å². The van der Waals surface area contributed by atoms with Gasteiger partial charge in [-0.3, -0.25) is 4.21 Å². The SMILES string of the molecule is CCCC(NCC)C(CC)S(=O)C1CCOC1C. The Balaban J connectivity index is 2.69. The predicted molar refractivity (Wildman–Crippen MR) is 78.4 cm³/mol. The van der Waals surface area contributed by atoms with E-state index in [-0.39, 0.29) is 16.6 Å². The molecule has 4 heteroatoms. The van der Waals surface area contributed by atoms with Crippen LogP contribution in [0.15, 0.2) is 0 Å². The van der Waals surface area contributed by atoms with Crippen LogP contribution in [0.1, 0.15) is 53.4 Å². The lowest BCUT2D eigenvalue weighted by molar-refractivity contribution is 0.126. The van der Waals surface area contributed by atoms with Gasteiger partial charge in [0, 0.05) is 23.4 Å². The lowest BCUT2D eigenvalue weighted by Crippen LogP contribution is -2.45. The molecule has 0 saturated carbocycles. The molecule has 0 aromatic heterocycles. The minimum absolute atomic E-state index is 0.156. The van der Waals surface area contributed by atoms with Gasteiger partial charge in [-0.2, -0.15) is 0 Å². The van der Waals surface area contributed by atoms with Gasteiger partial charge in [0.25, 0.3) is 0 Å². The van der Waals surface area contributed by atoms with Crippen molar-refractivity contribution in [1.82, 2.24) is 5.32 Å². The summed E-state index contributed by atoms with van der Waals surface area (Å²) >= 11 is 0. The Morgan fingerprint density at radius 1 is 1.39 bits per heavy atom. The van der Waals surface area contributed by atoms with Gasteiger partial charge >= 0.3 is 0 Å². The van der Waals surface area contributed by atoms with Crippen LogP contribution in [0, 0.1) is 0 Å². The van der Waals surface area contributed by atoms with E-state index in [1.165, 1.54) is 0 Å². The first kappa shape index (κ1) is 16.1. The van der Waals surface area contributed by atoms with Crippen LogP contribution in [0.5, 0.6) is 0 Å². The highest BCUT2D eigenvalue weighted by Crippen LogP contribution is 2.25. The van der Waals surface area contributed by atoms with Crippen molar-refractivity contribution in [3.8, 4) is 0 Å². The molecule has 0 aromatic rings. The first-order valence-electron chi connectivity index (χ1n) is 7.39. The highest BCUT2D eigenvalue weighted by Gasteiger charge is 2.35. The van der Waals surface area contributed by atoms with Crippen LogP contribution < -0.4 is 5.32 Å². The average Bonchev–Trinajstić information content (AvgIpc) is 2.77. The largest absolute Gasteiger partial charge is 0.377 e. The molecule has 1 fully saturated rings. The second kappa shape index (κ2) is 8.28. The van der Waals surface area contributed by atoms with E-state index in [9.17, 15) is 4.21 Å². The van der Waals surface area contributed by atoms with Crippen LogP contribution in [0.3, 0.4) is 0 Å². The minimum Gasteiger partial charge on any atom is -0.377 e. The van der Waals surface area contributed by atoms with E-state index in [1.807, 2.05) is 0 Å². The Hall–Kier alpha value is 0.0700. The van der Waals surface area contributed by atoms with Crippen LogP contribution in [0.25, 0.3) is 0 Å². The number of hydrogen-bond donors (Lipinski definition) is 1. The maximum atomic E-state index is 12.8. The van der Waals surface area contributed by atoms with Crippen molar-refractivity contribution in [3.63, 3.8) is 0 Å². The molecular formula is C14H29NO2S. The molecule has 0 bridgehead atoms. The molecule has 1 saturated heterocycles. The Kier molecular flexibility index (Phi) is 7.42. The number of ether oxygens (including phenoxy) is 1. The molecule has 5 unspecified atom stereocenters. The number of nitrogens with one attached hydrogen (secondary N) is 1. The van der Waals surface area contributed by atoms with Gasteiger partial charge in [-0.1, -0.05) is 27.2 Å². The van der Waals surface area contributed by atoms with Crippen molar-refractivity contribution in [2.45, 2.75) is 76.0 Å². The molecule has 0 radical (unpaired) electrons. The van der Waals surface area contributed by atoms with Crippen LogP contribution in [0.4, 0.5) is 0 Å². The smallest absolute Gasteiger partial charge is 0.0691 e. The van der Waals surface area contributed by atoms with E-state index in [0.717, 1.165) is 38.8 Å². The molecule has 0 aliphatic carbocycles. The fourth-order valence-corrected chi connectivity index (χ4v) is 4.96. The molecule has 3 nitrogen and oxygen atoms in total. The van der Waals surface area contributed by atoms with Crippen molar-refractivity contribution in [2.75, 3.05) is 13.2 Å². The molecule has 0 spiro atoms. The molecule has 1 aliphatic heterocycles. The van der Waals surface area contributed by atoms with Gasteiger partial charge < -0.3 is 10.1 Å². The van der Waals surface area contributed by atoms with Crippen molar-refractivity contribution < 1.29 is 8.95 Å². The molecular weight excluding hydrogens is 246 g/mol. The Morgan fingerprint density at radius 2 is 2.11 bits per heavy atom. The Bertz CT molecular complexity index is 254. The van der Waals surface area contributed by atoms with Crippen molar-refractivity contribution >= 4 is 10.8 Å². The quantitative estimate of drug-likeness (QED) is 0.739. The highest BCUT2D eigenvalue weighted by atomic mass is 32.2. The van der Waals surface area contributed by atoms with Crippen LogP contribution in [-0.2, 0) is 15.5 Å². The third kappa shape index (κ3) is 4.04. The van der Waals surface area contributed by atoms with Gasteiger partial charge in [0.05, 0.1) is 16.6 Å². The van der Waals surface area contributed by atoms with Crippen molar-refractivity contribution in [1.29, 1.82) is 0 Å². The fraction of sp³-hybridized carbons (Fsp3) is 1.00. The second-order valence-electron chi connectivity index (χ2n) is 5.13. The van der Waals surface area contributed by atoms with Crippen molar-refractivity contribution in [2.24, 2.45) is 0 Å². The predicted octanol–water partition coefficient (Wildman–Crippen LogP) is 2.47. The molecule has 1 rings (SSSR count). The highest BCUT2D eigenvalue weighted by molar-refractivity contribution is 7.86. The summed E-state index contributed by atoms with van der Waals surface area (Å²) in [6.07, 6.45) is 4.34. The fourth-order valence-electron chi connectivity index (χ4n) is 2.84. The van der Waals surface area contributed by atoms with Crippen molar-refractivity contribution in [3.05, 3.63) is 0 Å². The van der Waals surface area contributed by atoms with Gasteiger partial charge in [0.15, 0.2) is 0 Å². The third-order valence-corrected chi connectivity index (χ3v) is 6.30. The summed E-state index contributed by atoms with van der Waals surface area (Å²) < 4.78 is 18.3. The lowest BCUT2D eigenvalue weighted by atomic mass is 10.1. The minimum atomic E-state index is -0.784. The average molecular weight is 275 g/mol. The summed E-state index contributed by atoms with van der Waals surface area (Å²) in [6.45, 7) is 10.3. The summed E-state index contributed by atoms with van der Waals surface area (Å²) in [5.74, 6) is 0. The van der Waals surface area contributed by atoms with Crippen LogP contribution >= 0.6 is 0 Å². The number of hydrogen-bond acceptors (Lipinski definition) is 3. The molecule has 5 atom stereocenters. The maximum Gasteiger partial charge on any atom is 0.0691 e. The summed E-state index contributed by atoms with van der Waals surface area (Å²) in [6, 6.07) is 0.388. The van der Waals surface area contributed by atoms with Gasteiger partial charge in [0.1, 0.15) is 0 Å². The lowest BCUT2D eigenvalue weighted by Gasteiger charge is -2.29. The summed E-state index contributed by atoms with van der Waals surface area (Å²) in [7, 11) is -0.784. The molecule has 1 heterocycles. The van der Waals surface area contributed by atoms with E-state index in [2.05, 4.69) is 33.0 Å². The summed E-state index contributed by atoms with van der Waals surface area (Å²) in [4.78, 5) is 0. The molecule has 1 N–H and O–H groups in total. The molecule has 1 aliphatic rings. The van der Waals surface area contributed by atoms with Gasteiger partial charge in [-0.05, 0) is 32.7 Å². The van der Waals surface area contributed by atoms with E-state index in [4.69, 9.17) is 4.74 Å². The summed E-state index contributed by atoms with van der Waals surface area (Å²) in [5.41, 5.74) is 0. The molecule has 108 valence electrons. The number of rotatable bonds is 8. The molecule has 18 heavy (non-hydrogen) atoms. The van der Waals surface area contributed by atoms with E-state index < -0.39 is 10.8 Å². The molecule has 0 amide bonds. The Morgan fingerprint density at radius 3 is 2.56 bits per heavy atom. The second-order valence-corrected chi connectivity index (χ2v) is 7.00. The standard InChI is InChI=1S/C14H29NO2S/c1-5-8-12(15-7-3)13(6-2)18(16)14-9-10-17-11(14)4/h11-15H,5-10H2,1-4H3. The monoisotopic (exact) mass is 275 g/mol. The first-order chi connectivity index (χ1) is 8.65. The van der Waals surface area contributed by atoms with E-state index >= 15 is 0 Å². The van der Waals surface area contributed by atoms with Crippen LogP contribution in [0.2, 0.25) is 0 Å². The zero-order chi connectivity index (χ0) is 13.5. The molecule has 0 aromatic carbocycles. The zero-order valence-corrected chi connectivity index (χ0v) is 13.1. The van der Waals surface area contributed by atoms with Gasteiger partial charge in [-0.15, -0.1) is 0 Å². The zero-order valence-electron chi connectivity index (χ0n) is 12.3. The Labute approximate surface area is 115 Å². The van der Waals surface area contributed by atoms with Gasteiger partial charge in [0.2, 0.25) is 0 Å². The first-order valence-corrected chi connectivity index (χ1v) is 8.67. The maximum absolute atomic E-state index is 12.8. The topological polar surface area (TPSA) is 38.3 Å². The van der Waals surface area contributed by atoms with E-state index in [0.29, 0.717) is 6.04 Å². The van der Waals surface area contributed by atoms with Gasteiger partial charge in [-0.25, -0.2) is 0 Å². The third-order valence-electron chi connectivity index (χ3n) is 3.82. The summed E-state index contributed by atoms with van der Waals surface area (Å²) in [5, 5.41) is 4.01. The van der Waals surface area contributed by atoms with E-state index in [1.54, 1.807) is 0 Å².